The summed E-state index contributed by atoms with van der Waals surface area (Å²) in [7, 11) is 0. The number of benzene rings is 2. The molecule has 0 saturated carbocycles. The predicted octanol–water partition coefficient (Wildman–Crippen LogP) is 5.62. The highest BCUT2D eigenvalue weighted by Gasteiger charge is 2.32. The summed E-state index contributed by atoms with van der Waals surface area (Å²) >= 11 is 0.912. The molecule has 0 aliphatic rings. The molecule has 0 bridgehead atoms. The normalized spacial score (nSPS) is 11.1. The molecule has 2 aromatic heterocycles. The van der Waals surface area contributed by atoms with Crippen molar-refractivity contribution < 1.29 is 28.6 Å². The molecule has 146 valence electrons. The lowest BCUT2D eigenvalue weighted by molar-refractivity contribution is -0.476. The fourth-order valence-electron chi connectivity index (χ4n) is 3.17. The number of rotatable bonds is 5. The maximum absolute atomic E-state index is 14.4. The molecule has 2 heterocycles. The summed E-state index contributed by atoms with van der Waals surface area (Å²) in [6.07, 6.45) is 1.47. The van der Waals surface area contributed by atoms with Gasteiger partial charge >= 0.3 is 11.0 Å². The number of nitroso groups, excluding NO2 is 1. The molecule has 0 spiro atoms. The number of phenolic OH excluding ortho intramolecular Hbond substituents is 1. The first-order valence-corrected chi connectivity index (χ1v) is 9.48. The van der Waals surface area contributed by atoms with Crippen molar-refractivity contribution in [1.82, 2.24) is 0 Å². The highest BCUT2D eigenvalue weighted by Crippen LogP contribution is 2.39. The fourth-order valence-corrected chi connectivity index (χ4v) is 4.14. The summed E-state index contributed by atoms with van der Waals surface area (Å²) in [6.45, 7) is 1.44. The first-order chi connectivity index (χ1) is 13.8. The third-order valence-electron chi connectivity index (χ3n) is 4.59. The molecule has 4 rings (SSSR count). The first-order valence-electron chi connectivity index (χ1n) is 8.60. The third-order valence-corrected chi connectivity index (χ3v) is 5.58. The van der Waals surface area contributed by atoms with E-state index in [4.69, 9.17) is 4.42 Å². The Morgan fingerprint density at radius 3 is 2.72 bits per heavy atom. The molecule has 29 heavy (non-hydrogen) atoms. The minimum Gasteiger partial charge on any atom is -0.507 e. The number of carboxylic acid groups (broad SMARTS) is 1. The van der Waals surface area contributed by atoms with E-state index in [1.807, 2.05) is 0 Å². The molecule has 0 radical (unpaired) electrons. The van der Waals surface area contributed by atoms with Gasteiger partial charge < -0.3 is 14.6 Å². The van der Waals surface area contributed by atoms with Gasteiger partial charge in [-0.25, -0.2) is 9.18 Å². The Bertz CT molecular complexity index is 1270. The average Bonchev–Trinajstić information content (AvgIpc) is 3.28. The number of carbonyl (C=O) groups is 1. The number of nitrogens with zero attached hydrogens (tertiary/aromatic N) is 1. The third kappa shape index (κ3) is 3.38. The van der Waals surface area contributed by atoms with Crippen LogP contribution in [0.1, 0.15) is 21.5 Å². The van der Waals surface area contributed by atoms with Gasteiger partial charge in [-0.1, -0.05) is 23.5 Å². The predicted molar refractivity (Wildman–Crippen MR) is 106 cm³/mol. The zero-order valence-electron chi connectivity index (χ0n) is 15.2. The number of aromatic hydroxyl groups is 1. The molecule has 2 N–H and O–H groups in total. The standard InChI is InChI=1S/C21H14FNO5S/c1-11-2-3-14(16(22)6-11)15-10-29-20(19(15)21(25)26)23(27)9-13-8-18-12(4-5-28-18)7-17(13)24/h2-8,10H,9H2,1H3,(H-,24,25,26)/p+1. The number of fused-ring (bicyclic) bond motifs is 1. The smallest absolute Gasteiger partial charge is 0.344 e. The van der Waals surface area contributed by atoms with Crippen LogP contribution in [0.5, 0.6) is 5.75 Å². The monoisotopic (exact) mass is 412 g/mol. The second-order valence-electron chi connectivity index (χ2n) is 6.59. The molecule has 6 nitrogen and oxygen atoms in total. The van der Waals surface area contributed by atoms with Crippen molar-refractivity contribution in [2.75, 3.05) is 0 Å². The van der Waals surface area contributed by atoms with Gasteiger partial charge in [0.25, 0.3) is 0 Å². The molecule has 8 heteroatoms. The minimum absolute atomic E-state index is 0.0774. The van der Waals surface area contributed by atoms with Crippen molar-refractivity contribution in [2.45, 2.75) is 13.5 Å². The largest absolute Gasteiger partial charge is 0.507 e. The zero-order valence-corrected chi connectivity index (χ0v) is 16.0. The van der Waals surface area contributed by atoms with Gasteiger partial charge in [0.1, 0.15) is 17.1 Å². The van der Waals surface area contributed by atoms with E-state index in [-0.39, 0.29) is 39.5 Å². The van der Waals surface area contributed by atoms with Crippen molar-refractivity contribution in [3.63, 3.8) is 0 Å². The number of carboxylic acids is 1. The average molecular weight is 412 g/mol. The maximum Gasteiger partial charge on any atom is 0.344 e. The molecule has 0 unspecified atom stereocenters. The van der Waals surface area contributed by atoms with Crippen LogP contribution in [0, 0.1) is 17.6 Å². The number of hydrogen-bond acceptors (Lipinski definition) is 5. The van der Waals surface area contributed by atoms with E-state index in [0.717, 1.165) is 11.3 Å². The number of furan rings is 1. The Morgan fingerprint density at radius 2 is 2.00 bits per heavy atom. The van der Waals surface area contributed by atoms with E-state index in [0.29, 0.717) is 21.3 Å². The van der Waals surface area contributed by atoms with Crippen LogP contribution in [0.2, 0.25) is 0 Å². The highest BCUT2D eigenvalue weighted by atomic mass is 32.1. The van der Waals surface area contributed by atoms with Gasteiger partial charge in [0.2, 0.25) is 6.54 Å². The van der Waals surface area contributed by atoms with Crippen LogP contribution in [0.3, 0.4) is 0 Å². The SMILES string of the molecule is Cc1ccc(-c2csc([N+](=O)Cc3cc4occc4cc3O)c2C(=O)O)c(F)c1. The number of halogens is 1. The summed E-state index contributed by atoms with van der Waals surface area (Å²) in [4.78, 5) is 24.7. The second-order valence-corrected chi connectivity index (χ2v) is 7.45. The Labute approximate surface area is 168 Å². The lowest BCUT2D eigenvalue weighted by Crippen LogP contribution is -2.06. The van der Waals surface area contributed by atoms with Crippen LogP contribution >= 0.6 is 11.3 Å². The van der Waals surface area contributed by atoms with Crippen LogP contribution in [0.25, 0.3) is 22.1 Å². The summed E-state index contributed by atoms with van der Waals surface area (Å²) in [6, 6.07) is 9.16. The molecule has 4 aromatic rings. The van der Waals surface area contributed by atoms with Crippen molar-refractivity contribution >= 4 is 33.3 Å². The van der Waals surface area contributed by atoms with Crippen LogP contribution in [-0.2, 0) is 6.54 Å². The Kier molecular flexibility index (Phi) is 4.63. The number of aryl methyl sites for hydroxylation is 1. The molecule has 0 saturated heterocycles. The summed E-state index contributed by atoms with van der Waals surface area (Å²) in [5.74, 6) is -1.99. The molecule has 0 amide bonds. The summed E-state index contributed by atoms with van der Waals surface area (Å²) in [5.41, 5.74) is 1.47. The van der Waals surface area contributed by atoms with Gasteiger partial charge in [-0.3, -0.25) is 0 Å². The van der Waals surface area contributed by atoms with E-state index >= 15 is 0 Å². The molecule has 0 aliphatic heterocycles. The zero-order chi connectivity index (χ0) is 20.7. The lowest BCUT2D eigenvalue weighted by Gasteiger charge is -2.04. The van der Waals surface area contributed by atoms with Crippen molar-refractivity contribution in [3.8, 4) is 16.9 Å². The Morgan fingerprint density at radius 1 is 1.21 bits per heavy atom. The number of phenols is 1. The van der Waals surface area contributed by atoms with Crippen molar-refractivity contribution in [2.24, 2.45) is 0 Å². The van der Waals surface area contributed by atoms with E-state index in [1.54, 1.807) is 19.1 Å². The van der Waals surface area contributed by atoms with Crippen LogP contribution in [-0.4, -0.2) is 20.9 Å². The van der Waals surface area contributed by atoms with E-state index in [2.05, 4.69) is 0 Å². The quantitative estimate of drug-likeness (QED) is 0.415. The van der Waals surface area contributed by atoms with Crippen LogP contribution in [0.15, 0.2) is 52.5 Å². The van der Waals surface area contributed by atoms with Gasteiger partial charge in [0.15, 0.2) is 5.56 Å². The molecular weight excluding hydrogens is 397 g/mol. The number of hydrogen-bond donors (Lipinski definition) is 2. The van der Waals surface area contributed by atoms with Crippen LogP contribution in [0.4, 0.5) is 9.39 Å². The van der Waals surface area contributed by atoms with Gasteiger partial charge in [0, 0.05) is 26.8 Å². The molecule has 2 aromatic carbocycles. The van der Waals surface area contributed by atoms with E-state index in [1.165, 1.54) is 35.9 Å². The van der Waals surface area contributed by atoms with E-state index in [9.17, 15) is 24.3 Å². The molecule has 0 atom stereocenters. The van der Waals surface area contributed by atoms with Crippen molar-refractivity contribution in [3.05, 3.63) is 75.5 Å². The minimum atomic E-state index is -1.33. The van der Waals surface area contributed by atoms with Gasteiger partial charge in [-0.15, -0.1) is 0 Å². The summed E-state index contributed by atoms with van der Waals surface area (Å²) in [5, 5.41) is 21.9. The number of thiophene rings is 1. The van der Waals surface area contributed by atoms with Gasteiger partial charge in [0.05, 0.1) is 16.6 Å². The van der Waals surface area contributed by atoms with Gasteiger partial charge in [-0.2, -0.15) is 0 Å². The fraction of sp³-hybridized carbons (Fsp3) is 0.0952. The van der Waals surface area contributed by atoms with E-state index < -0.39 is 11.8 Å². The second kappa shape index (κ2) is 7.14. The van der Waals surface area contributed by atoms with Crippen LogP contribution < -0.4 is 0 Å². The first kappa shape index (κ1) is 18.8. The molecule has 0 fully saturated rings. The number of aromatic carboxylic acids is 1. The summed E-state index contributed by atoms with van der Waals surface area (Å²) < 4.78 is 20.1. The Hall–Kier alpha value is -3.52. The molecule has 0 aliphatic carbocycles. The lowest BCUT2D eigenvalue weighted by atomic mass is 10.0. The Balaban J connectivity index is 1.74. The maximum atomic E-state index is 14.4. The van der Waals surface area contributed by atoms with Gasteiger partial charge in [-0.05, 0) is 36.8 Å². The molecular formula is C21H15FNO5S+. The highest BCUT2D eigenvalue weighted by molar-refractivity contribution is 7.14. The topological polar surface area (TPSA) is 90.8 Å². The van der Waals surface area contributed by atoms with Crippen molar-refractivity contribution in [1.29, 1.82) is 0 Å².